The van der Waals surface area contributed by atoms with Crippen molar-refractivity contribution in [2.24, 2.45) is 5.10 Å². The zero-order valence-corrected chi connectivity index (χ0v) is 14.9. The van der Waals surface area contributed by atoms with Crippen LogP contribution in [0.5, 0.6) is 0 Å². The molecule has 0 bridgehead atoms. The van der Waals surface area contributed by atoms with E-state index in [1.807, 2.05) is 36.4 Å². The highest BCUT2D eigenvalue weighted by atomic mass is 35.5. The number of fused-ring (bicyclic) bond motifs is 1. The van der Waals surface area contributed by atoms with Gasteiger partial charge in [-0.05, 0) is 12.1 Å². The Balaban J connectivity index is 1.67. The van der Waals surface area contributed by atoms with Gasteiger partial charge in [-0.15, -0.1) is 0 Å². The van der Waals surface area contributed by atoms with Gasteiger partial charge >= 0.3 is 0 Å². The van der Waals surface area contributed by atoms with Gasteiger partial charge in [0.05, 0.1) is 16.9 Å². The van der Waals surface area contributed by atoms with Crippen molar-refractivity contribution in [2.45, 2.75) is 0 Å². The van der Waals surface area contributed by atoms with Gasteiger partial charge < -0.3 is 0 Å². The van der Waals surface area contributed by atoms with E-state index in [0.29, 0.717) is 21.6 Å². The lowest BCUT2D eigenvalue weighted by molar-refractivity contribution is 0.938. The third kappa shape index (κ3) is 3.37. The lowest BCUT2D eigenvalue weighted by atomic mass is 10.1. The predicted octanol–water partition coefficient (Wildman–Crippen LogP) is 4.54. The van der Waals surface area contributed by atoms with Gasteiger partial charge in [-0.25, -0.2) is 4.98 Å². The molecule has 0 amide bonds. The molecule has 0 aliphatic heterocycles. The van der Waals surface area contributed by atoms with Gasteiger partial charge in [0.25, 0.3) is 5.78 Å². The van der Waals surface area contributed by atoms with E-state index in [0.717, 1.165) is 16.8 Å². The lowest BCUT2D eigenvalue weighted by Gasteiger charge is -2.07. The number of benzene rings is 2. The number of nitrogens with zero attached hydrogens (tertiary/aromatic N) is 5. The molecule has 26 heavy (non-hydrogen) atoms. The molecular formula is C18H12Cl2N6. The fourth-order valence-corrected chi connectivity index (χ4v) is 2.88. The summed E-state index contributed by atoms with van der Waals surface area (Å²) in [6.45, 7) is 0. The minimum Gasteiger partial charge on any atom is -0.261 e. The van der Waals surface area contributed by atoms with Crippen molar-refractivity contribution in [3.05, 3.63) is 76.5 Å². The van der Waals surface area contributed by atoms with Crippen LogP contribution in [0.1, 0.15) is 5.56 Å². The molecule has 0 aliphatic carbocycles. The van der Waals surface area contributed by atoms with E-state index in [9.17, 15) is 0 Å². The summed E-state index contributed by atoms with van der Waals surface area (Å²) >= 11 is 12.1. The topological polar surface area (TPSA) is 67.5 Å². The second-order valence-electron chi connectivity index (χ2n) is 5.40. The second-order valence-corrected chi connectivity index (χ2v) is 6.24. The molecule has 2 aromatic carbocycles. The van der Waals surface area contributed by atoms with E-state index in [4.69, 9.17) is 23.2 Å². The van der Waals surface area contributed by atoms with Crippen LogP contribution in [0.25, 0.3) is 17.0 Å². The average molecular weight is 383 g/mol. The molecule has 4 rings (SSSR count). The molecule has 0 saturated heterocycles. The molecule has 2 aromatic heterocycles. The molecule has 0 atom stereocenters. The fraction of sp³-hybridized carbons (Fsp3) is 0. The Hall–Kier alpha value is -2.96. The van der Waals surface area contributed by atoms with Crippen molar-refractivity contribution in [1.29, 1.82) is 0 Å². The van der Waals surface area contributed by atoms with Crippen molar-refractivity contribution < 1.29 is 0 Å². The third-order valence-electron chi connectivity index (χ3n) is 3.67. The van der Waals surface area contributed by atoms with E-state index < -0.39 is 0 Å². The lowest BCUT2D eigenvalue weighted by Crippen LogP contribution is -2.02. The number of nitrogens with one attached hydrogen (secondary N) is 1. The van der Waals surface area contributed by atoms with Crippen LogP contribution in [-0.4, -0.2) is 25.8 Å². The Labute approximate surface area is 159 Å². The number of rotatable bonds is 4. The van der Waals surface area contributed by atoms with Crippen LogP contribution < -0.4 is 5.43 Å². The van der Waals surface area contributed by atoms with Gasteiger partial charge in [0.15, 0.2) is 5.82 Å². The maximum absolute atomic E-state index is 6.15. The van der Waals surface area contributed by atoms with Gasteiger partial charge in [0.2, 0.25) is 0 Å². The summed E-state index contributed by atoms with van der Waals surface area (Å²) in [6.07, 6.45) is 3.06. The number of hydrogen-bond donors (Lipinski definition) is 1. The van der Waals surface area contributed by atoms with Crippen LogP contribution in [0.2, 0.25) is 10.0 Å². The number of aromatic nitrogens is 4. The molecule has 2 heterocycles. The summed E-state index contributed by atoms with van der Waals surface area (Å²) < 4.78 is 1.58. The number of hydrazone groups is 1. The highest BCUT2D eigenvalue weighted by molar-refractivity contribution is 6.36. The first-order valence-corrected chi connectivity index (χ1v) is 8.46. The monoisotopic (exact) mass is 382 g/mol. The molecule has 0 unspecified atom stereocenters. The second kappa shape index (κ2) is 7.11. The molecule has 0 fully saturated rings. The zero-order valence-electron chi connectivity index (χ0n) is 13.3. The number of hydrogen-bond acceptors (Lipinski definition) is 5. The van der Waals surface area contributed by atoms with E-state index in [-0.39, 0.29) is 0 Å². The summed E-state index contributed by atoms with van der Waals surface area (Å²) in [5, 5.41) is 9.52. The first-order chi connectivity index (χ1) is 12.7. The molecule has 6 nitrogen and oxygen atoms in total. The average Bonchev–Trinajstić information content (AvgIpc) is 3.13. The van der Waals surface area contributed by atoms with Gasteiger partial charge in [0, 0.05) is 22.2 Å². The summed E-state index contributed by atoms with van der Waals surface area (Å²) in [6, 6.07) is 16.9. The zero-order chi connectivity index (χ0) is 17.9. The Kier molecular flexibility index (Phi) is 4.51. The summed E-state index contributed by atoms with van der Waals surface area (Å²) in [5.74, 6) is 1.11. The van der Waals surface area contributed by atoms with Crippen LogP contribution in [0.3, 0.4) is 0 Å². The largest absolute Gasteiger partial charge is 0.261 e. The molecule has 0 radical (unpaired) electrons. The van der Waals surface area contributed by atoms with Gasteiger partial charge in [-0.1, -0.05) is 59.6 Å². The highest BCUT2D eigenvalue weighted by Gasteiger charge is 2.08. The van der Waals surface area contributed by atoms with Gasteiger partial charge in [-0.2, -0.15) is 19.7 Å². The summed E-state index contributed by atoms with van der Waals surface area (Å²) in [7, 11) is 0. The highest BCUT2D eigenvalue weighted by Crippen LogP contribution is 2.22. The van der Waals surface area contributed by atoms with E-state index >= 15 is 0 Å². The van der Waals surface area contributed by atoms with Crippen molar-refractivity contribution in [2.75, 3.05) is 5.43 Å². The molecular weight excluding hydrogens is 371 g/mol. The van der Waals surface area contributed by atoms with Crippen LogP contribution in [0.4, 0.5) is 5.82 Å². The van der Waals surface area contributed by atoms with Crippen molar-refractivity contribution in [1.82, 2.24) is 19.6 Å². The molecule has 0 aliphatic rings. The van der Waals surface area contributed by atoms with Crippen LogP contribution in [-0.2, 0) is 0 Å². The van der Waals surface area contributed by atoms with E-state index in [1.54, 1.807) is 28.9 Å². The van der Waals surface area contributed by atoms with E-state index in [2.05, 4.69) is 25.6 Å². The quantitative estimate of drug-likeness (QED) is 0.415. The Morgan fingerprint density at radius 1 is 1.04 bits per heavy atom. The third-order valence-corrected chi connectivity index (χ3v) is 4.23. The van der Waals surface area contributed by atoms with Crippen LogP contribution >= 0.6 is 23.2 Å². The molecule has 8 heteroatoms. The van der Waals surface area contributed by atoms with Crippen LogP contribution in [0.15, 0.2) is 66.0 Å². The molecule has 128 valence electrons. The number of halogens is 2. The number of anilines is 1. The van der Waals surface area contributed by atoms with Crippen molar-refractivity contribution >= 4 is 41.0 Å². The molecule has 0 saturated carbocycles. The minimum atomic E-state index is 0.480. The normalized spacial score (nSPS) is 11.3. The smallest absolute Gasteiger partial charge is 0.254 e. The van der Waals surface area contributed by atoms with Crippen molar-refractivity contribution in [3.63, 3.8) is 0 Å². The van der Waals surface area contributed by atoms with Gasteiger partial charge in [-0.3, -0.25) is 5.43 Å². The predicted molar refractivity (Wildman–Crippen MR) is 104 cm³/mol. The van der Waals surface area contributed by atoms with Crippen molar-refractivity contribution in [3.8, 4) is 11.3 Å². The summed E-state index contributed by atoms with van der Waals surface area (Å²) in [5.41, 5.74) is 5.47. The summed E-state index contributed by atoms with van der Waals surface area (Å²) in [4.78, 5) is 8.69. The first kappa shape index (κ1) is 16.5. The molecule has 1 N–H and O–H groups in total. The molecule has 0 spiro atoms. The maximum atomic E-state index is 6.15. The maximum Gasteiger partial charge on any atom is 0.254 e. The minimum absolute atomic E-state index is 0.480. The Morgan fingerprint density at radius 3 is 2.69 bits per heavy atom. The van der Waals surface area contributed by atoms with Crippen LogP contribution in [0, 0.1) is 0 Å². The van der Waals surface area contributed by atoms with Gasteiger partial charge in [0.1, 0.15) is 6.33 Å². The Bertz CT molecular complexity index is 1090. The standard InChI is InChI=1S/C18H12Cl2N6/c19-14-7-6-13(15(20)8-14)10-22-25-17-9-16(12-4-2-1-3-5-12)24-18-21-11-23-26(17)18/h1-11,25H. The fourth-order valence-electron chi connectivity index (χ4n) is 2.42. The molecule has 4 aromatic rings. The van der Waals surface area contributed by atoms with E-state index in [1.165, 1.54) is 6.33 Å². The Morgan fingerprint density at radius 2 is 1.88 bits per heavy atom. The first-order valence-electron chi connectivity index (χ1n) is 7.71. The SMILES string of the molecule is Clc1ccc(C=NNc2cc(-c3ccccc3)nc3ncnn23)c(Cl)c1.